The van der Waals surface area contributed by atoms with E-state index in [9.17, 15) is 0 Å². The van der Waals surface area contributed by atoms with Crippen molar-refractivity contribution in [2.75, 3.05) is 0 Å². The van der Waals surface area contributed by atoms with Crippen LogP contribution in [0.25, 0.3) is 193 Å². The lowest BCUT2D eigenvalue weighted by atomic mass is 9.37. The maximum absolute atomic E-state index is 2.52. The van der Waals surface area contributed by atoms with Crippen LogP contribution in [-0.2, 0) is 0 Å². The summed E-state index contributed by atoms with van der Waals surface area (Å²) in [6, 6.07) is 147. The SMILES string of the molecule is Cc1cc2c3c(c1)c1ccccc1n3-c1cccc3c1B2c1ccccc1-3.Cc1ccc2c(c1)c1cccc3c1n2-c1cccc2c1B3c1ccccc1-2.Cc1ccc2c3c1c1ccccc1n3-c1cccc3c1B2c1ccccc1-3.Cc1ccc2c3cccc4c3n(c2c1)-c1cccc2c1B4c1ccccc1-2.Cc1cccc2c3cccc4c3n(c12)-c1cccc2c1B4c1ccccc1-2. The third-order valence-electron chi connectivity index (χ3n) is 32.4. The third-order valence-corrected chi connectivity index (χ3v) is 32.4. The molecule has 0 atom stereocenters. The normalized spacial score (nSPS) is 13.3. The van der Waals surface area contributed by atoms with Crippen LogP contribution in [-0.4, -0.2) is 56.4 Å². The molecular weight excluding hydrogens is 1630 g/mol. The number of fused-ring (bicyclic) bond motifs is 40. The Labute approximate surface area is 782 Å². The van der Waals surface area contributed by atoms with E-state index in [2.05, 4.69) is 452 Å². The Morgan fingerprint density at radius 2 is 0.459 bits per heavy atom. The molecule has 15 heterocycles. The summed E-state index contributed by atoms with van der Waals surface area (Å²) in [6.07, 6.45) is 0. The molecule has 0 saturated heterocycles. The van der Waals surface area contributed by atoms with Crippen LogP contribution in [0.3, 0.4) is 0 Å². The molecule has 20 aromatic carbocycles. The van der Waals surface area contributed by atoms with Crippen LogP contribution in [0.1, 0.15) is 27.8 Å². The smallest absolute Gasteiger partial charge is 0.248 e. The van der Waals surface area contributed by atoms with Crippen LogP contribution in [0.4, 0.5) is 0 Å². The number of para-hydroxylation sites is 6. The van der Waals surface area contributed by atoms with E-state index in [1.54, 1.807) is 0 Å². The fraction of sp³-hybridized carbons (Fsp3) is 0.0400. The minimum absolute atomic E-state index is 0.339. The van der Waals surface area contributed by atoms with Crippen LogP contribution in [0.2, 0.25) is 0 Å². The number of benzene rings is 20. The first kappa shape index (κ1) is 74.4. The van der Waals surface area contributed by atoms with Gasteiger partial charge in [0.15, 0.2) is 0 Å². The Bertz CT molecular complexity index is 9700. The molecule has 0 fully saturated rings. The standard InChI is InChI=1S/5C25H16BN/c1-15-13-19-17-8-3-5-11-22(17)27-23-12-6-9-18-16-7-2-4-10-20(16)26(24(18)23)21(14-15)25(19)27;1-15-13-14-20-25-23(15)18-8-3-5-11-21(18)27(25)22-12-6-9-17-16-7-2-4-10-19(16)26(20)24(17)22;1-15-7-4-10-18-19-11-5-13-21-25(19)27(24(15)18)22-14-6-9-17-16-8-2-3-12-20(16)26(21)23(17)22;1-15-12-13-17-19-8-4-10-21-25(19)27(23(17)14-15)22-11-5-7-18-16-6-2-3-9-20(16)26(21)24(18)22;1-15-12-13-22-19(14-15)18-8-4-10-21-25(18)27(22)23-11-5-7-17-16-6-2-3-9-20(16)26(21)24(17)23/h5*2-14H,1H3. The Morgan fingerprint density at radius 1 is 0.156 bits per heavy atom. The first-order valence-corrected chi connectivity index (χ1v) is 48.0. The van der Waals surface area contributed by atoms with Crippen LogP contribution >= 0.6 is 0 Å². The Hall–Kier alpha value is -16.3. The molecule has 10 heteroatoms. The fourth-order valence-electron chi connectivity index (χ4n) is 27.5. The van der Waals surface area contributed by atoms with Crippen molar-refractivity contribution in [1.29, 1.82) is 0 Å². The van der Waals surface area contributed by atoms with Gasteiger partial charge in [0.1, 0.15) is 0 Å². The third kappa shape index (κ3) is 9.58. The van der Waals surface area contributed by atoms with E-state index in [4.69, 9.17) is 0 Å². The Kier molecular flexibility index (Phi) is 14.9. The lowest BCUT2D eigenvalue weighted by Gasteiger charge is -2.25. The van der Waals surface area contributed by atoms with E-state index in [0.717, 1.165) is 0 Å². The van der Waals surface area contributed by atoms with Crippen molar-refractivity contribution in [3.05, 3.63) is 422 Å². The Balaban J connectivity index is 0.0000000788. The highest BCUT2D eigenvalue weighted by Crippen LogP contribution is 2.46. The molecule has 620 valence electrons. The van der Waals surface area contributed by atoms with Crippen LogP contribution in [0.5, 0.6) is 0 Å². The van der Waals surface area contributed by atoms with Gasteiger partial charge in [0, 0.05) is 110 Å². The largest absolute Gasteiger partial charge is 0.310 e. The molecule has 25 aromatic rings. The van der Waals surface area contributed by atoms with Gasteiger partial charge in [-0.25, -0.2) is 0 Å². The average molecular weight is 1710 g/mol. The molecule has 0 saturated carbocycles. The van der Waals surface area contributed by atoms with Gasteiger partial charge in [-0.1, -0.05) is 366 Å². The lowest BCUT2D eigenvalue weighted by Crippen LogP contribution is -2.53. The molecule has 5 nitrogen and oxygen atoms in total. The van der Waals surface area contributed by atoms with E-state index in [-0.39, 0.29) is 0 Å². The molecule has 10 aliphatic rings. The zero-order valence-corrected chi connectivity index (χ0v) is 75.2. The van der Waals surface area contributed by atoms with Crippen molar-refractivity contribution in [1.82, 2.24) is 22.8 Å². The number of aromatic nitrogens is 5. The molecule has 0 amide bonds. The summed E-state index contributed by atoms with van der Waals surface area (Å²) in [4.78, 5) is 0. The molecule has 0 radical (unpaired) electrons. The maximum atomic E-state index is 2.52. The molecule has 0 aliphatic carbocycles. The van der Waals surface area contributed by atoms with E-state index in [1.807, 2.05) is 0 Å². The number of hydrogen-bond donors (Lipinski definition) is 0. The van der Waals surface area contributed by atoms with Crippen molar-refractivity contribution in [2.24, 2.45) is 0 Å². The van der Waals surface area contributed by atoms with Crippen molar-refractivity contribution in [2.45, 2.75) is 34.6 Å². The molecule has 10 aliphatic heterocycles. The highest BCUT2D eigenvalue weighted by Gasteiger charge is 2.47. The monoisotopic (exact) mass is 1710 g/mol. The predicted octanol–water partition coefficient (Wildman–Crippen LogP) is 19.5. The minimum atomic E-state index is 0.339. The van der Waals surface area contributed by atoms with E-state index >= 15 is 0 Å². The van der Waals surface area contributed by atoms with Gasteiger partial charge >= 0.3 is 0 Å². The summed E-state index contributed by atoms with van der Waals surface area (Å²) in [6.45, 7) is 12.8. The second kappa shape index (κ2) is 27.0. The van der Waals surface area contributed by atoms with Gasteiger partial charge in [0.05, 0.1) is 27.6 Å². The molecule has 135 heavy (non-hydrogen) atoms. The van der Waals surface area contributed by atoms with E-state index in [1.165, 1.54) is 303 Å². The number of aryl methyl sites for hydroxylation is 5. The summed E-state index contributed by atoms with van der Waals surface area (Å²) in [7, 11) is 0. The molecular formula is C125H80B5N5. The molecule has 0 N–H and O–H groups in total. The first-order valence-electron chi connectivity index (χ1n) is 48.0. The quantitative estimate of drug-likeness (QED) is 0.135. The summed E-state index contributed by atoms with van der Waals surface area (Å²) in [5.74, 6) is 0. The molecule has 35 rings (SSSR count). The summed E-state index contributed by atoms with van der Waals surface area (Å²) >= 11 is 0. The van der Waals surface area contributed by atoms with Crippen molar-refractivity contribution in [3.8, 4) is 84.1 Å². The van der Waals surface area contributed by atoms with Crippen molar-refractivity contribution < 1.29 is 0 Å². The van der Waals surface area contributed by atoms with Gasteiger partial charge in [-0.2, -0.15) is 0 Å². The fourth-order valence-corrected chi connectivity index (χ4v) is 27.5. The van der Waals surface area contributed by atoms with Gasteiger partial charge in [-0.15, -0.1) is 0 Å². The predicted molar refractivity (Wildman–Crippen MR) is 578 cm³/mol. The average Bonchev–Trinajstić information content (AvgIpc) is 1.47. The molecule has 0 unspecified atom stereocenters. The van der Waals surface area contributed by atoms with Crippen molar-refractivity contribution in [3.63, 3.8) is 0 Å². The van der Waals surface area contributed by atoms with Gasteiger partial charge in [-0.05, 0) is 228 Å². The summed E-state index contributed by atoms with van der Waals surface area (Å²) < 4.78 is 12.5. The van der Waals surface area contributed by atoms with Gasteiger partial charge in [0.25, 0.3) is 0 Å². The molecule has 0 spiro atoms. The van der Waals surface area contributed by atoms with Gasteiger partial charge < -0.3 is 22.8 Å². The lowest BCUT2D eigenvalue weighted by molar-refractivity contribution is 1.18. The highest BCUT2D eigenvalue weighted by atomic mass is 15.0. The van der Waals surface area contributed by atoms with Gasteiger partial charge in [0.2, 0.25) is 33.6 Å². The topological polar surface area (TPSA) is 24.6 Å². The summed E-state index contributed by atoms with van der Waals surface area (Å²) in [5, 5.41) is 13.7. The first-order chi connectivity index (χ1) is 66.7. The van der Waals surface area contributed by atoms with Crippen LogP contribution in [0, 0.1) is 34.6 Å². The van der Waals surface area contributed by atoms with E-state index in [0.29, 0.717) is 33.6 Å². The zero-order valence-electron chi connectivity index (χ0n) is 75.2. The second-order valence-electron chi connectivity index (χ2n) is 39.2. The maximum Gasteiger partial charge on any atom is 0.248 e. The molecule has 5 aromatic heterocycles. The number of nitrogens with zero attached hydrogens (tertiary/aromatic N) is 5. The zero-order chi connectivity index (χ0) is 88.5. The second-order valence-corrected chi connectivity index (χ2v) is 39.2. The Morgan fingerprint density at radius 3 is 0.948 bits per heavy atom. The van der Waals surface area contributed by atoms with Gasteiger partial charge in [-0.3, -0.25) is 0 Å². The van der Waals surface area contributed by atoms with Crippen molar-refractivity contribution >= 4 is 225 Å². The van der Waals surface area contributed by atoms with Crippen LogP contribution < -0.4 is 81.9 Å². The van der Waals surface area contributed by atoms with Crippen LogP contribution in [0.15, 0.2) is 394 Å². The molecule has 0 bridgehead atoms. The van der Waals surface area contributed by atoms with E-state index < -0.39 is 0 Å². The highest BCUT2D eigenvalue weighted by molar-refractivity contribution is 7.04. The number of hydrogen-bond acceptors (Lipinski definition) is 0. The minimum Gasteiger partial charge on any atom is -0.310 e. The summed E-state index contributed by atoms with van der Waals surface area (Å²) in [5.41, 5.74) is 62.6. The number of rotatable bonds is 0.